The van der Waals surface area contributed by atoms with Crippen molar-refractivity contribution in [2.24, 2.45) is 0 Å². The number of halogens is 4. The summed E-state index contributed by atoms with van der Waals surface area (Å²) in [6.07, 6.45) is -2.51. The maximum absolute atomic E-state index is 12.8. The fraction of sp³-hybridized carbons (Fsp3) is 0.0667. The Labute approximate surface area is 133 Å². The van der Waals surface area contributed by atoms with Gasteiger partial charge in [-0.25, -0.2) is 0 Å². The first-order valence-corrected chi connectivity index (χ1v) is 6.60. The molecule has 0 amide bonds. The molecule has 0 aliphatic carbocycles. The van der Waals surface area contributed by atoms with Crippen molar-refractivity contribution in [1.82, 2.24) is 0 Å². The van der Waals surface area contributed by atoms with E-state index >= 15 is 0 Å². The number of benzene rings is 2. The van der Waals surface area contributed by atoms with Crippen LogP contribution in [0.15, 0.2) is 48.7 Å². The van der Waals surface area contributed by atoms with Crippen molar-refractivity contribution < 1.29 is 22.8 Å². The molecule has 2 rings (SSSR count). The van der Waals surface area contributed by atoms with Gasteiger partial charge in [-0.1, -0.05) is 23.7 Å². The Morgan fingerprint density at radius 3 is 2.26 bits per heavy atom. The van der Waals surface area contributed by atoms with Crippen LogP contribution >= 0.6 is 11.6 Å². The monoisotopic (exact) mass is 343 g/mol. The van der Waals surface area contributed by atoms with Crippen LogP contribution in [0.2, 0.25) is 5.02 Å². The van der Waals surface area contributed by atoms with Crippen molar-refractivity contribution >= 4 is 17.7 Å². The SMILES string of the molecule is O=[N+]([O-])C=Cc1ccc(Oc2ccc(Cl)c(C(F)(F)F)c2)cc1. The van der Waals surface area contributed by atoms with Gasteiger partial charge in [0.25, 0.3) is 0 Å². The highest BCUT2D eigenvalue weighted by Crippen LogP contribution is 2.37. The van der Waals surface area contributed by atoms with Crippen LogP contribution in [-0.4, -0.2) is 4.92 Å². The average molecular weight is 344 g/mol. The van der Waals surface area contributed by atoms with Crippen molar-refractivity contribution in [2.75, 3.05) is 0 Å². The first-order valence-electron chi connectivity index (χ1n) is 6.22. The zero-order chi connectivity index (χ0) is 17.0. The minimum atomic E-state index is -4.58. The lowest BCUT2D eigenvalue weighted by atomic mass is 10.2. The van der Waals surface area contributed by atoms with Gasteiger partial charge in [0.2, 0.25) is 6.20 Å². The number of nitrogens with zero attached hydrogens (tertiary/aromatic N) is 1. The van der Waals surface area contributed by atoms with E-state index < -0.39 is 21.7 Å². The molecule has 120 valence electrons. The summed E-state index contributed by atoms with van der Waals surface area (Å²) in [6.45, 7) is 0. The van der Waals surface area contributed by atoms with Crippen molar-refractivity contribution in [3.63, 3.8) is 0 Å². The van der Waals surface area contributed by atoms with Crippen molar-refractivity contribution in [3.8, 4) is 11.5 Å². The third-order valence-electron chi connectivity index (χ3n) is 2.75. The molecule has 0 unspecified atom stereocenters. The molecule has 0 atom stereocenters. The van der Waals surface area contributed by atoms with Crippen LogP contribution in [0.1, 0.15) is 11.1 Å². The van der Waals surface area contributed by atoms with E-state index in [1.807, 2.05) is 0 Å². The van der Waals surface area contributed by atoms with E-state index in [0.29, 0.717) is 11.3 Å². The second kappa shape index (κ2) is 6.70. The van der Waals surface area contributed by atoms with Gasteiger partial charge in [0, 0.05) is 6.08 Å². The highest BCUT2D eigenvalue weighted by atomic mass is 35.5. The molecule has 0 aliphatic heterocycles. The summed E-state index contributed by atoms with van der Waals surface area (Å²) >= 11 is 5.53. The molecule has 0 spiro atoms. The third-order valence-corrected chi connectivity index (χ3v) is 3.08. The second-order valence-electron chi connectivity index (χ2n) is 4.41. The average Bonchev–Trinajstić information content (AvgIpc) is 2.47. The maximum Gasteiger partial charge on any atom is 0.417 e. The zero-order valence-corrected chi connectivity index (χ0v) is 12.1. The van der Waals surface area contributed by atoms with E-state index in [9.17, 15) is 23.3 Å². The van der Waals surface area contributed by atoms with Gasteiger partial charge in [0.05, 0.1) is 15.5 Å². The molecule has 0 fully saturated rings. The van der Waals surface area contributed by atoms with Gasteiger partial charge in [-0.05, 0) is 35.9 Å². The van der Waals surface area contributed by atoms with Gasteiger partial charge in [-0.2, -0.15) is 13.2 Å². The summed E-state index contributed by atoms with van der Waals surface area (Å²) in [5.41, 5.74) is -0.427. The molecule has 2 aromatic rings. The van der Waals surface area contributed by atoms with E-state index in [0.717, 1.165) is 18.3 Å². The van der Waals surface area contributed by atoms with Crippen LogP contribution in [0.5, 0.6) is 11.5 Å². The molecule has 0 saturated heterocycles. The van der Waals surface area contributed by atoms with Gasteiger partial charge >= 0.3 is 6.18 Å². The van der Waals surface area contributed by atoms with Gasteiger partial charge in [0.15, 0.2) is 0 Å². The lowest BCUT2D eigenvalue weighted by molar-refractivity contribution is -0.400. The van der Waals surface area contributed by atoms with Gasteiger partial charge in [-0.15, -0.1) is 0 Å². The molecule has 2 aromatic carbocycles. The van der Waals surface area contributed by atoms with Crippen LogP contribution in [0.3, 0.4) is 0 Å². The first-order chi connectivity index (χ1) is 10.8. The third kappa shape index (κ3) is 4.72. The highest BCUT2D eigenvalue weighted by molar-refractivity contribution is 6.31. The molecule has 0 aromatic heterocycles. The Morgan fingerprint density at radius 2 is 1.70 bits per heavy atom. The van der Waals surface area contributed by atoms with Gasteiger partial charge in [-0.3, -0.25) is 10.1 Å². The van der Waals surface area contributed by atoms with Crippen LogP contribution in [0.25, 0.3) is 6.08 Å². The summed E-state index contributed by atoms with van der Waals surface area (Å²) in [5.74, 6) is 0.272. The van der Waals surface area contributed by atoms with E-state index in [1.54, 1.807) is 0 Å². The van der Waals surface area contributed by atoms with Crippen molar-refractivity contribution in [2.45, 2.75) is 6.18 Å². The molecule has 23 heavy (non-hydrogen) atoms. The molecule has 0 heterocycles. The van der Waals surface area contributed by atoms with E-state index in [2.05, 4.69) is 0 Å². The number of nitro groups is 1. The topological polar surface area (TPSA) is 52.4 Å². The van der Waals surface area contributed by atoms with E-state index in [4.69, 9.17) is 16.3 Å². The Bertz CT molecular complexity index is 743. The molecule has 4 nitrogen and oxygen atoms in total. The van der Waals surface area contributed by atoms with E-state index in [1.165, 1.54) is 36.4 Å². The molecule has 0 saturated carbocycles. The minimum Gasteiger partial charge on any atom is -0.457 e. The molecule has 0 radical (unpaired) electrons. The Hall–Kier alpha value is -2.54. The minimum absolute atomic E-state index is 0.0182. The van der Waals surface area contributed by atoms with Crippen LogP contribution in [-0.2, 0) is 6.18 Å². The van der Waals surface area contributed by atoms with Gasteiger partial charge in [0.1, 0.15) is 11.5 Å². The van der Waals surface area contributed by atoms with Gasteiger partial charge < -0.3 is 4.74 Å². The summed E-state index contributed by atoms with van der Waals surface area (Å²) in [6, 6.07) is 9.28. The summed E-state index contributed by atoms with van der Waals surface area (Å²) in [7, 11) is 0. The largest absolute Gasteiger partial charge is 0.457 e. The summed E-state index contributed by atoms with van der Waals surface area (Å²) in [4.78, 5) is 9.61. The normalized spacial score (nSPS) is 11.7. The maximum atomic E-state index is 12.8. The molecular weight excluding hydrogens is 335 g/mol. The molecule has 8 heteroatoms. The summed E-state index contributed by atoms with van der Waals surface area (Å²) < 4.78 is 43.6. The number of hydrogen-bond donors (Lipinski definition) is 0. The standard InChI is InChI=1S/C15H9ClF3NO3/c16-14-6-5-12(9-13(14)15(17,18)19)23-11-3-1-10(2-4-11)7-8-20(21)22/h1-9H. The number of rotatable bonds is 4. The number of alkyl halides is 3. The fourth-order valence-electron chi connectivity index (χ4n) is 1.72. The lowest BCUT2D eigenvalue weighted by Gasteiger charge is -2.11. The summed E-state index contributed by atoms with van der Waals surface area (Å²) in [5, 5.41) is 9.80. The zero-order valence-electron chi connectivity index (χ0n) is 11.4. The molecular formula is C15H9ClF3NO3. The molecule has 0 N–H and O–H groups in total. The Morgan fingerprint density at radius 1 is 1.09 bits per heavy atom. The van der Waals surface area contributed by atoms with E-state index in [-0.39, 0.29) is 5.75 Å². The van der Waals surface area contributed by atoms with Crippen LogP contribution in [0, 0.1) is 10.1 Å². The van der Waals surface area contributed by atoms with Crippen molar-refractivity contribution in [1.29, 1.82) is 0 Å². The van der Waals surface area contributed by atoms with Crippen molar-refractivity contribution in [3.05, 3.63) is 74.9 Å². The van der Waals surface area contributed by atoms with Crippen LogP contribution < -0.4 is 4.74 Å². The second-order valence-corrected chi connectivity index (χ2v) is 4.82. The highest BCUT2D eigenvalue weighted by Gasteiger charge is 2.33. The first kappa shape index (κ1) is 16.8. The number of hydrogen-bond acceptors (Lipinski definition) is 3. The Kier molecular flexibility index (Phi) is 4.90. The number of ether oxygens (including phenoxy) is 1. The Balaban J connectivity index is 2.18. The molecule has 0 aliphatic rings. The predicted octanol–water partition coefficient (Wildman–Crippen LogP) is 5.40. The predicted molar refractivity (Wildman–Crippen MR) is 79.0 cm³/mol. The molecule has 0 bridgehead atoms. The quantitative estimate of drug-likeness (QED) is 0.551. The fourth-order valence-corrected chi connectivity index (χ4v) is 1.94. The smallest absolute Gasteiger partial charge is 0.417 e. The lowest BCUT2D eigenvalue weighted by Crippen LogP contribution is -2.05. The van der Waals surface area contributed by atoms with Crippen LogP contribution in [0.4, 0.5) is 13.2 Å².